The number of amides is 2. The van der Waals surface area contributed by atoms with E-state index in [1.54, 1.807) is 0 Å². The first-order chi connectivity index (χ1) is 14.0. The quantitative estimate of drug-likeness (QED) is 0.870. The van der Waals surface area contributed by atoms with Gasteiger partial charge in [0.25, 0.3) is 0 Å². The number of likely N-dealkylation sites (tertiary alicyclic amines) is 1. The number of hydrogen-bond donors (Lipinski definition) is 1. The molecule has 2 aliphatic rings. The molecule has 1 saturated heterocycles. The summed E-state index contributed by atoms with van der Waals surface area (Å²) in [5.41, 5.74) is 5.39. The zero-order chi connectivity index (χ0) is 20.4. The molecule has 4 rings (SSSR count). The highest BCUT2D eigenvalue weighted by Crippen LogP contribution is 2.26. The summed E-state index contributed by atoms with van der Waals surface area (Å²) in [6.45, 7) is 6.50. The maximum atomic E-state index is 13.2. The fourth-order valence-electron chi connectivity index (χ4n) is 4.51. The van der Waals surface area contributed by atoms with E-state index in [1.807, 2.05) is 54.0 Å². The standard InChI is InChI=1S/C24H29N3O2/c1-17-8-7-9-18(2)23(17)25-22(28)16-27-15-20-11-4-3-10-19(20)14-21(27)24(29)26-12-5-6-13-26/h3-4,7-11,21H,5-6,12-16H2,1-2H3,(H,25,28). The van der Waals surface area contributed by atoms with Crippen molar-refractivity contribution < 1.29 is 9.59 Å². The number of aryl methyl sites for hydroxylation is 2. The van der Waals surface area contributed by atoms with Crippen LogP contribution in [-0.2, 0) is 22.6 Å². The molecule has 0 saturated carbocycles. The molecular formula is C24H29N3O2. The number of benzene rings is 2. The smallest absolute Gasteiger partial charge is 0.240 e. The summed E-state index contributed by atoms with van der Waals surface area (Å²) in [5.74, 6) is 0.0953. The molecule has 0 aromatic heterocycles. The Labute approximate surface area is 172 Å². The summed E-state index contributed by atoms with van der Waals surface area (Å²) in [6, 6.07) is 14.0. The van der Waals surface area contributed by atoms with Gasteiger partial charge in [-0.05, 0) is 55.4 Å². The minimum atomic E-state index is -0.272. The predicted molar refractivity (Wildman–Crippen MR) is 115 cm³/mol. The molecule has 1 N–H and O–H groups in total. The van der Waals surface area contributed by atoms with Gasteiger partial charge in [0.1, 0.15) is 0 Å². The van der Waals surface area contributed by atoms with Crippen LogP contribution in [0.4, 0.5) is 5.69 Å². The molecule has 2 aromatic rings. The second-order valence-electron chi connectivity index (χ2n) is 8.24. The van der Waals surface area contributed by atoms with Crippen LogP contribution in [-0.4, -0.2) is 47.3 Å². The van der Waals surface area contributed by atoms with Crippen LogP contribution < -0.4 is 5.32 Å². The maximum absolute atomic E-state index is 13.2. The van der Waals surface area contributed by atoms with Crippen LogP contribution in [0.15, 0.2) is 42.5 Å². The SMILES string of the molecule is Cc1cccc(C)c1NC(=O)CN1Cc2ccccc2CC1C(=O)N1CCCC1. The van der Waals surface area contributed by atoms with E-state index in [0.717, 1.165) is 42.7 Å². The van der Waals surface area contributed by atoms with Crippen molar-refractivity contribution in [3.05, 3.63) is 64.7 Å². The van der Waals surface area contributed by atoms with E-state index in [1.165, 1.54) is 11.1 Å². The van der Waals surface area contributed by atoms with Crippen molar-refractivity contribution in [2.24, 2.45) is 0 Å². The molecular weight excluding hydrogens is 362 g/mol. The van der Waals surface area contributed by atoms with E-state index >= 15 is 0 Å². The fourth-order valence-corrected chi connectivity index (χ4v) is 4.51. The molecule has 0 aliphatic carbocycles. The second kappa shape index (κ2) is 8.37. The van der Waals surface area contributed by atoms with Gasteiger partial charge in [-0.1, -0.05) is 42.5 Å². The van der Waals surface area contributed by atoms with Gasteiger partial charge in [0.15, 0.2) is 0 Å². The molecule has 2 amide bonds. The molecule has 2 aromatic carbocycles. The Balaban J connectivity index is 1.54. The highest BCUT2D eigenvalue weighted by molar-refractivity contribution is 5.94. The minimum absolute atomic E-state index is 0.0685. The van der Waals surface area contributed by atoms with Gasteiger partial charge in [-0.2, -0.15) is 0 Å². The Bertz CT molecular complexity index is 898. The first kappa shape index (κ1) is 19.6. The third kappa shape index (κ3) is 4.20. The average Bonchev–Trinajstić information content (AvgIpc) is 3.25. The van der Waals surface area contributed by atoms with Gasteiger partial charge in [-0.25, -0.2) is 0 Å². The lowest BCUT2D eigenvalue weighted by Gasteiger charge is -2.37. The Hall–Kier alpha value is -2.66. The van der Waals surface area contributed by atoms with Crippen molar-refractivity contribution in [3.8, 4) is 0 Å². The molecule has 5 nitrogen and oxygen atoms in total. The molecule has 29 heavy (non-hydrogen) atoms. The van der Waals surface area contributed by atoms with E-state index in [4.69, 9.17) is 0 Å². The highest BCUT2D eigenvalue weighted by Gasteiger charge is 2.35. The Morgan fingerprint density at radius 1 is 0.966 bits per heavy atom. The second-order valence-corrected chi connectivity index (χ2v) is 8.24. The summed E-state index contributed by atoms with van der Waals surface area (Å²) in [5, 5.41) is 3.07. The number of carbonyl (C=O) groups excluding carboxylic acids is 2. The number of nitrogens with one attached hydrogen (secondary N) is 1. The summed E-state index contributed by atoms with van der Waals surface area (Å²) in [4.78, 5) is 30.1. The normalized spacial score (nSPS) is 19.1. The van der Waals surface area contributed by atoms with Gasteiger partial charge < -0.3 is 10.2 Å². The number of hydrogen-bond acceptors (Lipinski definition) is 3. The van der Waals surface area contributed by atoms with E-state index in [2.05, 4.69) is 17.4 Å². The van der Waals surface area contributed by atoms with Crippen LogP contribution in [0, 0.1) is 13.8 Å². The van der Waals surface area contributed by atoms with Crippen molar-refractivity contribution in [2.75, 3.05) is 25.0 Å². The lowest BCUT2D eigenvalue weighted by molar-refractivity contribution is -0.137. The number of carbonyl (C=O) groups is 2. The van der Waals surface area contributed by atoms with Crippen molar-refractivity contribution >= 4 is 17.5 Å². The lowest BCUT2D eigenvalue weighted by Crippen LogP contribution is -2.53. The van der Waals surface area contributed by atoms with Crippen molar-refractivity contribution in [1.29, 1.82) is 0 Å². The fraction of sp³-hybridized carbons (Fsp3) is 0.417. The van der Waals surface area contributed by atoms with Gasteiger partial charge in [0.2, 0.25) is 11.8 Å². The lowest BCUT2D eigenvalue weighted by atomic mass is 9.93. The van der Waals surface area contributed by atoms with Gasteiger partial charge in [0.05, 0.1) is 12.6 Å². The zero-order valence-electron chi connectivity index (χ0n) is 17.3. The van der Waals surface area contributed by atoms with Crippen LogP contribution in [0.3, 0.4) is 0 Å². The zero-order valence-corrected chi connectivity index (χ0v) is 17.3. The molecule has 1 fully saturated rings. The first-order valence-electron chi connectivity index (χ1n) is 10.5. The van der Waals surface area contributed by atoms with Crippen LogP contribution in [0.2, 0.25) is 0 Å². The summed E-state index contributed by atoms with van der Waals surface area (Å²) >= 11 is 0. The number of nitrogens with zero attached hydrogens (tertiary/aromatic N) is 2. The number of fused-ring (bicyclic) bond motifs is 1. The van der Waals surface area contributed by atoms with Gasteiger partial charge in [0, 0.05) is 25.3 Å². The maximum Gasteiger partial charge on any atom is 0.240 e. The van der Waals surface area contributed by atoms with E-state index in [9.17, 15) is 9.59 Å². The van der Waals surface area contributed by atoms with Crippen LogP contribution in [0.5, 0.6) is 0 Å². The molecule has 2 aliphatic heterocycles. The molecule has 152 valence electrons. The van der Waals surface area contributed by atoms with Gasteiger partial charge in [-0.3, -0.25) is 14.5 Å². The number of anilines is 1. The number of para-hydroxylation sites is 1. The topological polar surface area (TPSA) is 52.7 Å². The van der Waals surface area contributed by atoms with Crippen LogP contribution in [0.25, 0.3) is 0 Å². The molecule has 0 spiro atoms. The predicted octanol–water partition coefficient (Wildman–Crippen LogP) is 3.29. The van der Waals surface area contributed by atoms with E-state index in [0.29, 0.717) is 13.0 Å². The minimum Gasteiger partial charge on any atom is -0.341 e. The third-order valence-electron chi connectivity index (χ3n) is 6.14. The van der Waals surface area contributed by atoms with Crippen LogP contribution >= 0.6 is 0 Å². The highest BCUT2D eigenvalue weighted by atomic mass is 16.2. The molecule has 1 unspecified atom stereocenters. The largest absolute Gasteiger partial charge is 0.341 e. The molecule has 1 atom stereocenters. The molecule has 5 heteroatoms. The summed E-state index contributed by atoms with van der Waals surface area (Å²) < 4.78 is 0. The average molecular weight is 392 g/mol. The molecule has 2 heterocycles. The van der Waals surface area contributed by atoms with Crippen molar-refractivity contribution in [3.63, 3.8) is 0 Å². The molecule has 0 bridgehead atoms. The van der Waals surface area contributed by atoms with Gasteiger partial charge in [-0.15, -0.1) is 0 Å². The van der Waals surface area contributed by atoms with Crippen LogP contribution in [0.1, 0.15) is 35.1 Å². The Morgan fingerprint density at radius 2 is 1.62 bits per heavy atom. The number of rotatable bonds is 4. The van der Waals surface area contributed by atoms with Crippen molar-refractivity contribution in [1.82, 2.24) is 9.80 Å². The first-order valence-corrected chi connectivity index (χ1v) is 10.5. The third-order valence-corrected chi connectivity index (χ3v) is 6.14. The van der Waals surface area contributed by atoms with E-state index in [-0.39, 0.29) is 24.4 Å². The summed E-state index contributed by atoms with van der Waals surface area (Å²) in [6.07, 6.45) is 2.81. The van der Waals surface area contributed by atoms with Crippen molar-refractivity contribution in [2.45, 2.75) is 45.7 Å². The summed E-state index contributed by atoms with van der Waals surface area (Å²) in [7, 11) is 0. The Morgan fingerprint density at radius 3 is 2.31 bits per heavy atom. The van der Waals surface area contributed by atoms with E-state index < -0.39 is 0 Å². The Kier molecular flexibility index (Phi) is 5.67. The monoisotopic (exact) mass is 391 g/mol. The van der Waals surface area contributed by atoms with Gasteiger partial charge >= 0.3 is 0 Å². The molecule has 0 radical (unpaired) electrons.